The van der Waals surface area contributed by atoms with Crippen LogP contribution in [0.5, 0.6) is 0 Å². The van der Waals surface area contributed by atoms with Gasteiger partial charge in [0, 0.05) is 6.04 Å². The van der Waals surface area contributed by atoms with E-state index in [0.717, 1.165) is 32.1 Å². The smallest absolute Gasteiger partial charge is 0.323 e. The van der Waals surface area contributed by atoms with Crippen LogP contribution in [0.2, 0.25) is 0 Å². The van der Waals surface area contributed by atoms with Crippen LogP contribution in [-0.4, -0.2) is 59.1 Å². The molecule has 7 nitrogen and oxygen atoms in total. The standard InChI is InChI=1S/C18H30N2O5/c1-3-6-14(18(24)25-4-2)19-13-10-9-12-7-5-8-15(12)20(17(13)23)11-16(21)22/h12-15,19H,3-11H2,1-2H3,(H,21,22)/t12-,13+,14-,15-/m0/s1. The molecule has 1 aliphatic carbocycles. The zero-order valence-corrected chi connectivity index (χ0v) is 15.2. The molecule has 0 bridgehead atoms. The summed E-state index contributed by atoms with van der Waals surface area (Å²) in [4.78, 5) is 37.9. The normalized spacial score (nSPS) is 27.5. The first kappa shape index (κ1) is 19.7. The van der Waals surface area contributed by atoms with E-state index in [1.807, 2.05) is 6.92 Å². The molecule has 2 fully saturated rings. The molecule has 2 aliphatic rings. The molecular formula is C18H30N2O5. The van der Waals surface area contributed by atoms with Gasteiger partial charge in [-0.3, -0.25) is 19.7 Å². The number of likely N-dealkylation sites (tertiary alicyclic amines) is 1. The predicted molar refractivity (Wildman–Crippen MR) is 92.0 cm³/mol. The fourth-order valence-corrected chi connectivity index (χ4v) is 4.17. The van der Waals surface area contributed by atoms with Gasteiger partial charge < -0.3 is 14.7 Å². The number of carboxylic acids is 1. The molecule has 0 radical (unpaired) electrons. The highest BCUT2D eigenvalue weighted by Gasteiger charge is 2.42. The summed E-state index contributed by atoms with van der Waals surface area (Å²) in [6.07, 6.45) is 5.85. The van der Waals surface area contributed by atoms with Gasteiger partial charge in [-0.15, -0.1) is 0 Å². The van der Waals surface area contributed by atoms with Crippen molar-refractivity contribution in [3.63, 3.8) is 0 Å². The fraction of sp³-hybridized carbons (Fsp3) is 0.833. The third-order valence-corrected chi connectivity index (χ3v) is 5.28. The highest BCUT2D eigenvalue weighted by atomic mass is 16.5. The van der Waals surface area contributed by atoms with Gasteiger partial charge in [-0.25, -0.2) is 0 Å². The summed E-state index contributed by atoms with van der Waals surface area (Å²) in [5.74, 6) is -1.16. The average molecular weight is 354 g/mol. The van der Waals surface area contributed by atoms with Crippen molar-refractivity contribution in [1.29, 1.82) is 0 Å². The average Bonchev–Trinajstić information content (AvgIpc) is 2.99. The minimum Gasteiger partial charge on any atom is -0.480 e. The zero-order chi connectivity index (χ0) is 18.4. The quantitative estimate of drug-likeness (QED) is 0.642. The lowest BCUT2D eigenvalue weighted by molar-refractivity contribution is -0.149. The summed E-state index contributed by atoms with van der Waals surface area (Å²) in [6.45, 7) is 3.77. The van der Waals surface area contributed by atoms with Crippen molar-refractivity contribution >= 4 is 17.8 Å². The Balaban J connectivity index is 2.14. The van der Waals surface area contributed by atoms with Gasteiger partial charge in [0.05, 0.1) is 12.6 Å². The van der Waals surface area contributed by atoms with Gasteiger partial charge in [-0.2, -0.15) is 0 Å². The minimum absolute atomic E-state index is 0.0163. The van der Waals surface area contributed by atoms with Crippen molar-refractivity contribution < 1.29 is 24.2 Å². The molecule has 1 saturated heterocycles. The first-order chi connectivity index (χ1) is 12.0. The maximum atomic E-state index is 13.0. The van der Waals surface area contributed by atoms with Crippen LogP contribution >= 0.6 is 0 Å². The number of amides is 1. The predicted octanol–water partition coefficient (Wildman–Crippen LogP) is 1.55. The second-order valence-corrected chi connectivity index (χ2v) is 7.01. The molecule has 142 valence electrons. The maximum absolute atomic E-state index is 13.0. The van der Waals surface area contributed by atoms with Crippen molar-refractivity contribution in [2.75, 3.05) is 13.2 Å². The van der Waals surface area contributed by atoms with Crippen LogP contribution in [0.4, 0.5) is 0 Å². The Hall–Kier alpha value is -1.63. The lowest BCUT2D eigenvalue weighted by Crippen LogP contribution is -2.54. The second kappa shape index (κ2) is 9.17. The Kier molecular flexibility index (Phi) is 7.23. The van der Waals surface area contributed by atoms with Crippen molar-refractivity contribution in [1.82, 2.24) is 10.2 Å². The van der Waals surface area contributed by atoms with Crippen LogP contribution in [0.25, 0.3) is 0 Å². The molecule has 7 heteroatoms. The number of hydrogen-bond donors (Lipinski definition) is 2. The number of ether oxygens (including phenoxy) is 1. The van der Waals surface area contributed by atoms with Gasteiger partial charge in [0.25, 0.3) is 0 Å². The molecule has 25 heavy (non-hydrogen) atoms. The first-order valence-corrected chi connectivity index (χ1v) is 9.42. The third kappa shape index (κ3) is 4.93. The molecule has 1 amide bonds. The van der Waals surface area contributed by atoms with E-state index in [0.29, 0.717) is 25.4 Å². The Bertz CT molecular complexity index is 496. The number of aliphatic carboxylic acids is 1. The third-order valence-electron chi connectivity index (χ3n) is 5.28. The molecule has 1 saturated carbocycles. The van der Waals surface area contributed by atoms with Gasteiger partial charge in [0.1, 0.15) is 12.6 Å². The van der Waals surface area contributed by atoms with Crippen molar-refractivity contribution in [2.45, 2.75) is 76.9 Å². The van der Waals surface area contributed by atoms with Crippen molar-refractivity contribution in [3.8, 4) is 0 Å². The fourth-order valence-electron chi connectivity index (χ4n) is 4.17. The number of nitrogens with one attached hydrogen (secondary N) is 1. The summed E-state index contributed by atoms with van der Waals surface area (Å²) < 4.78 is 5.11. The minimum atomic E-state index is -0.991. The molecule has 0 unspecified atom stereocenters. The summed E-state index contributed by atoms with van der Waals surface area (Å²) in [5, 5.41) is 12.4. The molecule has 2 rings (SSSR count). The van der Waals surface area contributed by atoms with Crippen molar-refractivity contribution in [3.05, 3.63) is 0 Å². The van der Waals surface area contributed by atoms with Gasteiger partial charge >= 0.3 is 11.9 Å². The summed E-state index contributed by atoms with van der Waals surface area (Å²) in [5.41, 5.74) is 0. The van der Waals surface area contributed by atoms with Crippen LogP contribution < -0.4 is 5.32 Å². The van der Waals surface area contributed by atoms with E-state index < -0.39 is 18.1 Å². The zero-order valence-electron chi connectivity index (χ0n) is 15.2. The first-order valence-electron chi connectivity index (χ1n) is 9.42. The number of esters is 1. The Morgan fingerprint density at radius 3 is 2.68 bits per heavy atom. The number of carbonyl (C=O) groups excluding carboxylic acids is 2. The molecule has 2 N–H and O–H groups in total. The van der Waals surface area contributed by atoms with Crippen LogP contribution in [0, 0.1) is 5.92 Å². The Labute approximate surface area is 149 Å². The summed E-state index contributed by atoms with van der Waals surface area (Å²) in [6, 6.07) is -1.03. The molecule has 0 aromatic rings. The van der Waals surface area contributed by atoms with Gasteiger partial charge in [0.2, 0.25) is 5.91 Å². The SMILES string of the molecule is CCC[C@H](N[C@@H]1CC[C@@H]2CCC[C@@H]2N(CC(=O)O)C1=O)C(=O)OCC. The van der Waals surface area contributed by atoms with E-state index in [9.17, 15) is 19.5 Å². The van der Waals surface area contributed by atoms with Crippen molar-refractivity contribution in [2.24, 2.45) is 5.92 Å². The summed E-state index contributed by atoms with van der Waals surface area (Å²) in [7, 11) is 0. The van der Waals surface area contributed by atoms with E-state index in [1.54, 1.807) is 6.92 Å². The molecule has 0 spiro atoms. The second-order valence-electron chi connectivity index (χ2n) is 7.01. The number of carboxylic acid groups (broad SMARTS) is 1. The lowest BCUT2D eigenvalue weighted by Gasteiger charge is -2.31. The lowest BCUT2D eigenvalue weighted by atomic mass is 9.97. The number of rotatable bonds is 8. The number of carbonyl (C=O) groups is 3. The highest BCUT2D eigenvalue weighted by molar-refractivity contribution is 5.87. The number of hydrogen-bond acceptors (Lipinski definition) is 5. The van der Waals surface area contributed by atoms with Crippen LogP contribution in [0.1, 0.15) is 58.8 Å². The highest BCUT2D eigenvalue weighted by Crippen LogP contribution is 2.36. The number of nitrogens with zero attached hydrogens (tertiary/aromatic N) is 1. The van der Waals surface area contributed by atoms with Crippen LogP contribution in [0.3, 0.4) is 0 Å². The maximum Gasteiger partial charge on any atom is 0.323 e. The largest absolute Gasteiger partial charge is 0.480 e. The van der Waals surface area contributed by atoms with E-state index in [2.05, 4.69) is 5.32 Å². The molecule has 0 aromatic heterocycles. The topological polar surface area (TPSA) is 95.9 Å². The Morgan fingerprint density at radius 1 is 1.28 bits per heavy atom. The van der Waals surface area contributed by atoms with Crippen LogP contribution in [0.15, 0.2) is 0 Å². The van der Waals surface area contributed by atoms with Gasteiger partial charge in [-0.1, -0.05) is 19.8 Å². The van der Waals surface area contributed by atoms with E-state index >= 15 is 0 Å². The van der Waals surface area contributed by atoms with E-state index in [1.165, 1.54) is 4.90 Å². The molecule has 0 aromatic carbocycles. The van der Waals surface area contributed by atoms with Crippen LogP contribution in [-0.2, 0) is 19.1 Å². The van der Waals surface area contributed by atoms with Gasteiger partial charge in [-0.05, 0) is 44.9 Å². The molecule has 4 atom stereocenters. The summed E-state index contributed by atoms with van der Waals surface area (Å²) >= 11 is 0. The van der Waals surface area contributed by atoms with E-state index in [-0.39, 0.29) is 24.5 Å². The monoisotopic (exact) mass is 354 g/mol. The Morgan fingerprint density at radius 2 is 2.04 bits per heavy atom. The molecule has 1 aliphatic heterocycles. The number of fused-ring (bicyclic) bond motifs is 1. The molecule has 1 heterocycles. The van der Waals surface area contributed by atoms with Gasteiger partial charge in [0.15, 0.2) is 0 Å². The van der Waals surface area contributed by atoms with E-state index in [4.69, 9.17) is 4.74 Å². The molecular weight excluding hydrogens is 324 g/mol.